The Labute approximate surface area is 108 Å². The number of hydrogen-bond donors (Lipinski definition) is 1. The van der Waals surface area contributed by atoms with E-state index in [1.165, 1.54) is 0 Å². The van der Waals surface area contributed by atoms with Crippen LogP contribution < -0.4 is 5.73 Å². The topological polar surface area (TPSA) is 81.9 Å². The van der Waals surface area contributed by atoms with Crippen molar-refractivity contribution >= 4 is 11.9 Å². The number of carbonyl (C=O) groups is 2. The molecule has 0 spiro atoms. The lowest BCUT2D eigenvalue weighted by atomic mass is 10.3. The van der Waals surface area contributed by atoms with Crippen molar-refractivity contribution in [3.8, 4) is 0 Å². The van der Waals surface area contributed by atoms with Gasteiger partial charge in [-0.1, -0.05) is 0 Å². The molecule has 0 unspecified atom stereocenters. The molecule has 0 bridgehead atoms. The molecule has 0 fully saturated rings. The van der Waals surface area contributed by atoms with Crippen molar-refractivity contribution in [2.45, 2.75) is 12.6 Å². The van der Waals surface area contributed by atoms with Crippen LogP contribution in [0.3, 0.4) is 0 Å². The number of methoxy groups -OCH3 is 1. The third-order valence-corrected chi connectivity index (χ3v) is 2.02. The molecule has 9 heteroatoms. The van der Waals surface area contributed by atoms with E-state index in [1.807, 2.05) is 0 Å². The second-order valence-electron chi connectivity index (χ2n) is 3.60. The molecule has 1 amide bonds. The van der Waals surface area contributed by atoms with E-state index in [0.29, 0.717) is 4.90 Å². The summed E-state index contributed by atoms with van der Waals surface area (Å²) < 4.78 is 45.9. The Morgan fingerprint density at radius 1 is 1.32 bits per heavy atom. The zero-order valence-electron chi connectivity index (χ0n) is 10.5. The van der Waals surface area contributed by atoms with Gasteiger partial charge < -0.3 is 20.1 Å². The van der Waals surface area contributed by atoms with Crippen molar-refractivity contribution in [1.82, 2.24) is 4.90 Å². The Morgan fingerprint density at radius 3 is 2.42 bits per heavy atom. The fraction of sp³-hybridized carbons (Fsp3) is 0.800. The first-order valence-corrected chi connectivity index (χ1v) is 5.49. The van der Waals surface area contributed by atoms with Crippen LogP contribution >= 0.6 is 0 Å². The lowest BCUT2D eigenvalue weighted by Gasteiger charge is -2.23. The molecule has 6 nitrogen and oxygen atoms in total. The third-order valence-electron chi connectivity index (χ3n) is 2.02. The molecule has 112 valence electrons. The summed E-state index contributed by atoms with van der Waals surface area (Å²) in [5, 5.41) is 0. The Kier molecular flexibility index (Phi) is 8.08. The van der Waals surface area contributed by atoms with Gasteiger partial charge in [0.25, 0.3) is 0 Å². The smallest absolute Gasteiger partial charge is 0.406 e. The van der Waals surface area contributed by atoms with Crippen LogP contribution in [0.15, 0.2) is 0 Å². The van der Waals surface area contributed by atoms with Crippen molar-refractivity contribution in [2.75, 3.05) is 40.0 Å². The Balaban J connectivity index is 4.39. The first-order valence-electron chi connectivity index (χ1n) is 5.49. The Morgan fingerprint density at radius 2 is 1.95 bits per heavy atom. The number of carbonyl (C=O) groups excluding carboxylic acids is 2. The lowest BCUT2D eigenvalue weighted by Crippen LogP contribution is -2.42. The molecule has 0 radical (unpaired) electrons. The number of amides is 1. The summed E-state index contributed by atoms with van der Waals surface area (Å²) in [7, 11) is 1.11. The van der Waals surface area contributed by atoms with Gasteiger partial charge in [-0.15, -0.1) is 0 Å². The molecule has 0 aliphatic heterocycles. The monoisotopic (exact) mass is 286 g/mol. The Bertz CT molecular complexity index is 297. The number of alkyl halides is 3. The van der Waals surface area contributed by atoms with Gasteiger partial charge in [-0.25, -0.2) is 0 Å². The van der Waals surface area contributed by atoms with E-state index in [2.05, 4.69) is 4.74 Å². The molecule has 0 saturated heterocycles. The summed E-state index contributed by atoms with van der Waals surface area (Å²) in [5.74, 6) is -1.54. The molecule has 0 rings (SSSR count). The number of halogens is 3. The van der Waals surface area contributed by atoms with Crippen LogP contribution in [0.2, 0.25) is 0 Å². The van der Waals surface area contributed by atoms with Crippen LogP contribution in [0.25, 0.3) is 0 Å². The molecule has 0 saturated carbocycles. The highest BCUT2D eigenvalue weighted by molar-refractivity contribution is 5.78. The van der Waals surface area contributed by atoms with E-state index in [9.17, 15) is 22.8 Å². The SMILES string of the molecule is COC(=O)CCN(CC(F)(F)F)C(=O)COCCN. The van der Waals surface area contributed by atoms with Crippen molar-refractivity contribution in [3.63, 3.8) is 0 Å². The second-order valence-corrected chi connectivity index (χ2v) is 3.60. The largest absolute Gasteiger partial charge is 0.469 e. The molecule has 0 aromatic carbocycles. The first kappa shape index (κ1) is 17.6. The van der Waals surface area contributed by atoms with Crippen molar-refractivity contribution < 1.29 is 32.2 Å². The number of esters is 1. The maximum atomic E-state index is 12.3. The van der Waals surface area contributed by atoms with E-state index in [1.54, 1.807) is 0 Å². The second kappa shape index (κ2) is 8.70. The van der Waals surface area contributed by atoms with Crippen LogP contribution in [0.4, 0.5) is 13.2 Å². The predicted octanol–water partition coefficient (Wildman–Crippen LogP) is -0.0843. The normalized spacial score (nSPS) is 11.2. The maximum Gasteiger partial charge on any atom is 0.406 e. The predicted molar refractivity (Wildman–Crippen MR) is 59.1 cm³/mol. The highest BCUT2D eigenvalue weighted by Gasteiger charge is 2.33. The summed E-state index contributed by atoms with van der Waals surface area (Å²) in [4.78, 5) is 22.9. The van der Waals surface area contributed by atoms with Crippen LogP contribution in [-0.2, 0) is 19.1 Å². The average Bonchev–Trinajstić information content (AvgIpc) is 2.32. The molecule has 0 aromatic rings. The van der Waals surface area contributed by atoms with Gasteiger partial charge in [0.1, 0.15) is 13.2 Å². The van der Waals surface area contributed by atoms with Gasteiger partial charge >= 0.3 is 12.1 Å². The zero-order chi connectivity index (χ0) is 14.9. The van der Waals surface area contributed by atoms with Gasteiger partial charge in [0.05, 0.1) is 20.1 Å². The first-order chi connectivity index (χ1) is 8.80. The van der Waals surface area contributed by atoms with Gasteiger partial charge in [-0.2, -0.15) is 13.2 Å². The van der Waals surface area contributed by atoms with E-state index < -0.39 is 31.2 Å². The van der Waals surface area contributed by atoms with Crippen LogP contribution in [0.5, 0.6) is 0 Å². The molecule has 2 N–H and O–H groups in total. The van der Waals surface area contributed by atoms with Gasteiger partial charge in [0.2, 0.25) is 5.91 Å². The van der Waals surface area contributed by atoms with Crippen molar-refractivity contribution in [1.29, 1.82) is 0 Å². The highest BCUT2D eigenvalue weighted by Crippen LogP contribution is 2.16. The maximum absolute atomic E-state index is 12.3. The molecule has 0 aliphatic carbocycles. The minimum Gasteiger partial charge on any atom is -0.469 e. The number of nitrogens with two attached hydrogens (primary N) is 1. The van der Waals surface area contributed by atoms with Crippen LogP contribution in [0.1, 0.15) is 6.42 Å². The average molecular weight is 286 g/mol. The Hall–Kier alpha value is -1.35. The van der Waals surface area contributed by atoms with E-state index in [0.717, 1.165) is 7.11 Å². The van der Waals surface area contributed by atoms with E-state index >= 15 is 0 Å². The van der Waals surface area contributed by atoms with Crippen LogP contribution in [0, 0.1) is 0 Å². The van der Waals surface area contributed by atoms with Crippen molar-refractivity contribution in [3.05, 3.63) is 0 Å². The molecular weight excluding hydrogens is 269 g/mol. The fourth-order valence-electron chi connectivity index (χ4n) is 1.17. The summed E-state index contributed by atoms with van der Waals surface area (Å²) in [5.41, 5.74) is 5.12. The van der Waals surface area contributed by atoms with E-state index in [-0.39, 0.29) is 26.1 Å². The molecule has 0 aromatic heterocycles. The molecular formula is C10H17F3N2O4. The highest BCUT2D eigenvalue weighted by atomic mass is 19.4. The summed E-state index contributed by atoms with van der Waals surface area (Å²) >= 11 is 0. The van der Waals surface area contributed by atoms with Gasteiger partial charge in [0, 0.05) is 13.1 Å². The number of rotatable bonds is 8. The molecule has 0 atom stereocenters. The standard InChI is InChI=1S/C10H17F3N2O4/c1-18-9(17)2-4-15(7-10(11,12)13)8(16)6-19-5-3-14/h2-7,14H2,1H3. The van der Waals surface area contributed by atoms with Gasteiger partial charge in [-0.3, -0.25) is 9.59 Å². The minimum absolute atomic E-state index is 0.0720. The summed E-state index contributed by atoms with van der Waals surface area (Å²) in [6, 6.07) is 0. The van der Waals surface area contributed by atoms with Gasteiger partial charge in [-0.05, 0) is 0 Å². The lowest BCUT2D eigenvalue weighted by molar-refractivity contribution is -0.165. The third kappa shape index (κ3) is 9.25. The minimum atomic E-state index is -4.54. The number of hydrogen-bond acceptors (Lipinski definition) is 5. The van der Waals surface area contributed by atoms with Crippen LogP contribution in [-0.4, -0.2) is 62.9 Å². The summed E-state index contributed by atoms with van der Waals surface area (Å²) in [6.07, 6.45) is -4.85. The molecule has 0 heterocycles. The summed E-state index contributed by atoms with van der Waals surface area (Å²) in [6.45, 7) is -2.09. The molecule has 19 heavy (non-hydrogen) atoms. The zero-order valence-corrected chi connectivity index (χ0v) is 10.5. The number of ether oxygens (including phenoxy) is 2. The van der Waals surface area contributed by atoms with E-state index in [4.69, 9.17) is 10.5 Å². The van der Waals surface area contributed by atoms with Crippen molar-refractivity contribution in [2.24, 2.45) is 5.73 Å². The quantitative estimate of drug-likeness (QED) is 0.498. The number of nitrogens with zero attached hydrogens (tertiary/aromatic N) is 1. The fourth-order valence-corrected chi connectivity index (χ4v) is 1.17. The van der Waals surface area contributed by atoms with Gasteiger partial charge in [0.15, 0.2) is 0 Å². The molecule has 0 aliphatic rings.